The number of aryl methyl sites for hydroxylation is 1. The molecule has 0 N–H and O–H groups in total. The molecule has 0 aliphatic carbocycles. The Labute approximate surface area is 182 Å². The highest BCUT2D eigenvalue weighted by Gasteiger charge is 2.04. The van der Waals surface area contributed by atoms with Crippen molar-refractivity contribution in [3.05, 3.63) is 23.9 Å². The zero-order chi connectivity index (χ0) is 21.3. The summed E-state index contributed by atoms with van der Waals surface area (Å²) >= 11 is 2.06. The Kier molecular flexibility index (Phi) is 15.2. The van der Waals surface area contributed by atoms with Gasteiger partial charge in [0.05, 0.1) is 20.3 Å². The summed E-state index contributed by atoms with van der Waals surface area (Å²) in [4.78, 5) is 11.1. The predicted molar refractivity (Wildman–Crippen MR) is 125 cm³/mol. The number of morpholine rings is 1. The van der Waals surface area contributed by atoms with E-state index in [1.165, 1.54) is 50.5 Å². The van der Waals surface area contributed by atoms with Crippen molar-refractivity contribution in [1.82, 2.24) is 19.7 Å². The quantitative estimate of drug-likeness (QED) is 0.684. The van der Waals surface area contributed by atoms with Crippen LogP contribution in [-0.4, -0.2) is 112 Å². The molecule has 4 rings (SSSR count). The van der Waals surface area contributed by atoms with Crippen LogP contribution in [0.15, 0.2) is 18.2 Å². The Hall–Kier alpha value is -0.860. The molecule has 0 unspecified atom stereocenters. The van der Waals surface area contributed by atoms with Gasteiger partial charge in [0.15, 0.2) is 0 Å². The first-order valence-electron chi connectivity index (χ1n) is 10.7. The Balaban J connectivity index is 0.000000195. The van der Waals surface area contributed by atoms with E-state index in [9.17, 15) is 0 Å². The van der Waals surface area contributed by atoms with Gasteiger partial charge in [-0.1, -0.05) is 6.07 Å². The number of thioether (sulfide) groups is 1. The summed E-state index contributed by atoms with van der Waals surface area (Å²) in [6.45, 7) is 11.2. The van der Waals surface area contributed by atoms with Crippen molar-refractivity contribution in [3.8, 4) is 5.88 Å². The van der Waals surface area contributed by atoms with Crippen LogP contribution in [0.3, 0.4) is 0 Å². The molecule has 3 aliphatic rings. The van der Waals surface area contributed by atoms with Gasteiger partial charge in [0, 0.05) is 49.4 Å². The van der Waals surface area contributed by atoms with Gasteiger partial charge in [-0.3, -0.25) is 0 Å². The highest BCUT2D eigenvalue weighted by Crippen LogP contribution is 2.06. The van der Waals surface area contributed by atoms with Gasteiger partial charge in [-0.2, -0.15) is 11.8 Å². The summed E-state index contributed by atoms with van der Waals surface area (Å²) in [5, 5.41) is 0. The maximum atomic E-state index is 5.10. The molecule has 1 aromatic rings. The van der Waals surface area contributed by atoms with Crippen molar-refractivity contribution in [2.24, 2.45) is 0 Å². The first-order chi connectivity index (χ1) is 14.0. The Morgan fingerprint density at radius 3 is 1.72 bits per heavy atom. The molecule has 0 radical (unpaired) electrons. The van der Waals surface area contributed by atoms with E-state index in [0.29, 0.717) is 5.88 Å². The maximum Gasteiger partial charge on any atom is 0.213 e. The maximum absolute atomic E-state index is 5.10. The van der Waals surface area contributed by atoms with Crippen molar-refractivity contribution in [1.29, 1.82) is 0 Å². The van der Waals surface area contributed by atoms with Gasteiger partial charge >= 0.3 is 0 Å². The molecule has 3 aliphatic heterocycles. The fourth-order valence-corrected chi connectivity index (χ4v) is 3.90. The number of hydrogen-bond donors (Lipinski definition) is 0. The molecule has 7 heteroatoms. The zero-order valence-electron chi connectivity index (χ0n) is 19.2. The molecule has 3 fully saturated rings. The summed E-state index contributed by atoms with van der Waals surface area (Å²) in [6.07, 6.45) is 2.83. The van der Waals surface area contributed by atoms with E-state index in [1.54, 1.807) is 7.11 Å². The van der Waals surface area contributed by atoms with Gasteiger partial charge in [-0.25, -0.2) is 4.98 Å². The Bertz CT molecular complexity index is 487. The van der Waals surface area contributed by atoms with E-state index in [1.807, 2.05) is 25.1 Å². The first kappa shape index (κ1) is 26.2. The lowest BCUT2D eigenvalue weighted by atomic mass is 10.4. The van der Waals surface area contributed by atoms with Gasteiger partial charge in [-0.05, 0) is 60.1 Å². The minimum Gasteiger partial charge on any atom is -0.481 e. The fourth-order valence-electron chi connectivity index (χ4n) is 2.82. The topological polar surface area (TPSA) is 41.1 Å². The molecule has 3 saturated heterocycles. The Morgan fingerprint density at radius 2 is 1.41 bits per heavy atom. The lowest BCUT2D eigenvalue weighted by Gasteiger charge is -2.21. The van der Waals surface area contributed by atoms with Crippen LogP contribution in [-0.2, 0) is 4.74 Å². The number of ether oxygens (including phenoxy) is 2. The van der Waals surface area contributed by atoms with Gasteiger partial charge in [-0.15, -0.1) is 0 Å². The molecular formula is C22H42N4O2S. The second kappa shape index (κ2) is 16.9. The molecule has 0 atom stereocenters. The second-order valence-electron chi connectivity index (χ2n) is 7.66. The molecule has 168 valence electrons. The molecular weight excluding hydrogens is 384 g/mol. The average molecular weight is 427 g/mol. The van der Waals surface area contributed by atoms with Crippen LogP contribution in [0.1, 0.15) is 18.5 Å². The number of likely N-dealkylation sites (N-methyl/N-ethyl adjacent to an activating group) is 1. The molecule has 29 heavy (non-hydrogen) atoms. The van der Waals surface area contributed by atoms with Gasteiger partial charge < -0.3 is 24.2 Å². The molecule has 0 amide bonds. The SMILES string of the molecule is CN1CCCC1.CN1CCOCC1.CN1CCSCC1.COc1cccc(C)n1. The van der Waals surface area contributed by atoms with Gasteiger partial charge in [0.25, 0.3) is 0 Å². The summed E-state index contributed by atoms with van der Waals surface area (Å²) in [5.74, 6) is 3.34. The minimum absolute atomic E-state index is 0.676. The number of aromatic nitrogens is 1. The number of likely N-dealkylation sites (tertiary alicyclic amines) is 1. The molecule has 0 saturated carbocycles. The number of rotatable bonds is 1. The highest BCUT2D eigenvalue weighted by atomic mass is 32.2. The van der Waals surface area contributed by atoms with E-state index in [0.717, 1.165) is 32.0 Å². The van der Waals surface area contributed by atoms with Crippen molar-refractivity contribution in [2.45, 2.75) is 19.8 Å². The highest BCUT2D eigenvalue weighted by molar-refractivity contribution is 7.99. The minimum atomic E-state index is 0.676. The molecule has 0 bridgehead atoms. The summed E-state index contributed by atoms with van der Waals surface area (Å²) in [5.41, 5.74) is 0.981. The molecule has 6 nitrogen and oxygen atoms in total. The predicted octanol–water partition coefficient (Wildman–Crippen LogP) is 2.72. The lowest BCUT2D eigenvalue weighted by Crippen LogP contribution is -2.32. The number of hydrogen-bond acceptors (Lipinski definition) is 7. The van der Waals surface area contributed by atoms with Crippen molar-refractivity contribution >= 4 is 11.8 Å². The smallest absolute Gasteiger partial charge is 0.213 e. The molecule has 4 heterocycles. The number of pyridine rings is 1. The van der Waals surface area contributed by atoms with Crippen LogP contribution >= 0.6 is 11.8 Å². The largest absolute Gasteiger partial charge is 0.481 e. The lowest BCUT2D eigenvalue weighted by molar-refractivity contribution is 0.0503. The molecule has 1 aromatic heterocycles. The van der Waals surface area contributed by atoms with E-state index in [-0.39, 0.29) is 0 Å². The van der Waals surface area contributed by atoms with Crippen LogP contribution in [0.5, 0.6) is 5.88 Å². The zero-order valence-corrected chi connectivity index (χ0v) is 20.0. The first-order valence-corrected chi connectivity index (χ1v) is 11.9. The van der Waals surface area contributed by atoms with Crippen molar-refractivity contribution in [3.63, 3.8) is 0 Å². The summed E-state index contributed by atoms with van der Waals surface area (Å²) in [6, 6.07) is 5.68. The van der Waals surface area contributed by atoms with Gasteiger partial charge in [0.1, 0.15) is 0 Å². The third-order valence-electron chi connectivity index (χ3n) is 4.87. The third-order valence-corrected chi connectivity index (χ3v) is 5.81. The number of methoxy groups -OCH3 is 1. The van der Waals surface area contributed by atoms with Crippen molar-refractivity contribution in [2.75, 3.05) is 92.2 Å². The summed E-state index contributed by atoms with van der Waals surface area (Å²) < 4.78 is 9.98. The van der Waals surface area contributed by atoms with E-state index in [4.69, 9.17) is 9.47 Å². The van der Waals surface area contributed by atoms with Crippen molar-refractivity contribution < 1.29 is 9.47 Å². The fraction of sp³-hybridized carbons (Fsp3) is 0.773. The molecule has 0 spiro atoms. The Morgan fingerprint density at radius 1 is 0.862 bits per heavy atom. The standard InChI is InChI=1S/C7H9NO.C5H11NO.C5H11NS.C5H11N/c1-6-4-3-5-7(8-6)9-2;2*1-6-2-4-7-5-3-6;1-6-4-2-3-5-6/h3-5H,1-2H3;2*2-5H2,1H3;2-5H2,1H3. The average Bonchev–Trinajstić information content (AvgIpc) is 3.21. The number of nitrogens with zero attached hydrogens (tertiary/aromatic N) is 4. The van der Waals surface area contributed by atoms with Crippen LogP contribution in [0, 0.1) is 6.92 Å². The van der Waals surface area contributed by atoms with Gasteiger partial charge in [0.2, 0.25) is 5.88 Å². The summed E-state index contributed by atoms with van der Waals surface area (Å²) in [7, 11) is 8.08. The van der Waals surface area contributed by atoms with Crippen LogP contribution < -0.4 is 4.74 Å². The van der Waals surface area contributed by atoms with Crippen LogP contribution in [0.25, 0.3) is 0 Å². The normalized spacial score (nSPS) is 20.3. The second-order valence-corrected chi connectivity index (χ2v) is 8.89. The monoisotopic (exact) mass is 426 g/mol. The third kappa shape index (κ3) is 14.7. The van der Waals surface area contributed by atoms with E-state index in [2.05, 4.69) is 52.6 Å². The van der Waals surface area contributed by atoms with Crippen LogP contribution in [0.2, 0.25) is 0 Å². The molecule has 0 aromatic carbocycles. The van der Waals surface area contributed by atoms with E-state index < -0.39 is 0 Å². The van der Waals surface area contributed by atoms with E-state index >= 15 is 0 Å². The van der Waals surface area contributed by atoms with Crippen LogP contribution in [0.4, 0.5) is 0 Å².